The van der Waals surface area contributed by atoms with Crippen molar-refractivity contribution >= 4 is 34.8 Å². The predicted octanol–water partition coefficient (Wildman–Crippen LogP) is 4.68. The molecule has 0 atom stereocenters. The molecule has 28 heavy (non-hydrogen) atoms. The van der Waals surface area contributed by atoms with Crippen LogP contribution in [0.25, 0.3) is 11.1 Å². The highest BCUT2D eigenvalue weighted by Gasteiger charge is 2.46. The topological polar surface area (TPSA) is 29.5 Å². The van der Waals surface area contributed by atoms with Gasteiger partial charge in [-0.2, -0.15) is 0 Å². The lowest BCUT2D eigenvalue weighted by Crippen LogP contribution is -2.49. The molecule has 2 aromatic carbocycles. The standard InChI is InChI=1S/C17H5Cl2F6NO2/c1-2-3-26-8-4-6(7(20)5-9(8)28-17(18,19)16(26)27)10-11(21)13(23)15(25)14(24)12(10)22/h1,4-5H,3H2. The van der Waals surface area contributed by atoms with E-state index in [0.717, 1.165) is 4.90 Å². The smallest absolute Gasteiger partial charge is 0.339 e. The minimum atomic E-state index is -2.47. The van der Waals surface area contributed by atoms with E-state index in [0.29, 0.717) is 12.1 Å². The zero-order chi connectivity index (χ0) is 21.0. The molecule has 146 valence electrons. The molecule has 0 radical (unpaired) electrons. The lowest BCUT2D eigenvalue weighted by molar-refractivity contribution is -0.124. The number of rotatable bonds is 2. The molecule has 0 bridgehead atoms. The lowest BCUT2D eigenvalue weighted by atomic mass is 10.0. The van der Waals surface area contributed by atoms with E-state index in [2.05, 4.69) is 5.92 Å². The van der Waals surface area contributed by atoms with Gasteiger partial charge in [-0.1, -0.05) is 5.92 Å². The summed E-state index contributed by atoms with van der Waals surface area (Å²) in [6.07, 6.45) is 5.15. The van der Waals surface area contributed by atoms with Gasteiger partial charge in [-0.3, -0.25) is 9.69 Å². The van der Waals surface area contributed by atoms with Crippen LogP contribution >= 0.6 is 23.2 Å². The Balaban J connectivity index is 2.32. The summed E-state index contributed by atoms with van der Waals surface area (Å²) in [5.41, 5.74) is -2.89. The first-order valence-electron chi connectivity index (χ1n) is 7.18. The monoisotopic (exact) mass is 439 g/mol. The van der Waals surface area contributed by atoms with E-state index in [1.54, 1.807) is 0 Å². The fraction of sp³-hybridized carbons (Fsp3) is 0.118. The first-order chi connectivity index (χ1) is 13.0. The molecule has 2 aromatic rings. The van der Waals surface area contributed by atoms with Crippen LogP contribution in [0.3, 0.4) is 0 Å². The molecule has 0 aromatic heterocycles. The highest BCUT2D eigenvalue weighted by atomic mass is 35.5. The van der Waals surface area contributed by atoms with E-state index in [-0.39, 0.29) is 5.69 Å². The van der Waals surface area contributed by atoms with Gasteiger partial charge in [0.05, 0.1) is 17.8 Å². The van der Waals surface area contributed by atoms with Crippen molar-refractivity contribution in [2.24, 2.45) is 0 Å². The maximum atomic E-state index is 14.5. The van der Waals surface area contributed by atoms with Crippen molar-refractivity contribution in [3.63, 3.8) is 0 Å². The predicted molar refractivity (Wildman–Crippen MR) is 87.9 cm³/mol. The van der Waals surface area contributed by atoms with Crippen molar-refractivity contribution in [2.75, 3.05) is 11.4 Å². The summed E-state index contributed by atoms with van der Waals surface area (Å²) in [5, 5.41) is 0. The molecule has 1 aliphatic heterocycles. The van der Waals surface area contributed by atoms with Crippen molar-refractivity contribution in [1.82, 2.24) is 0 Å². The molecule has 1 heterocycles. The molecule has 0 N–H and O–H groups in total. The van der Waals surface area contributed by atoms with E-state index in [4.69, 9.17) is 34.4 Å². The zero-order valence-corrected chi connectivity index (χ0v) is 14.7. The Morgan fingerprint density at radius 3 is 2.07 bits per heavy atom. The molecule has 0 saturated heterocycles. The van der Waals surface area contributed by atoms with Crippen LogP contribution in [-0.2, 0) is 4.79 Å². The Labute approximate surface area is 163 Å². The number of fused-ring (bicyclic) bond motifs is 1. The SMILES string of the molecule is C#CCN1C(=O)C(Cl)(Cl)Oc2cc(F)c(-c3c(F)c(F)c(F)c(F)c3F)cc21. The van der Waals surface area contributed by atoms with Gasteiger partial charge in [0.25, 0.3) is 0 Å². The molecule has 0 saturated carbocycles. The third-order valence-electron chi connectivity index (χ3n) is 3.80. The quantitative estimate of drug-likeness (QED) is 0.223. The molecular weight excluding hydrogens is 435 g/mol. The zero-order valence-electron chi connectivity index (χ0n) is 13.2. The maximum Gasteiger partial charge on any atom is 0.339 e. The number of amides is 1. The average Bonchev–Trinajstić information content (AvgIpc) is 2.63. The lowest BCUT2D eigenvalue weighted by Gasteiger charge is -2.35. The van der Waals surface area contributed by atoms with Gasteiger partial charge >= 0.3 is 10.4 Å². The van der Waals surface area contributed by atoms with E-state index < -0.39 is 68.8 Å². The van der Waals surface area contributed by atoms with Gasteiger partial charge in [-0.25, -0.2) is 26.3 Å². The molecular formula is C17H5Cl2F6NO2. The van der Waals surface area contributed by atoms with Gasteiger partial charge in [0.1, 0.15) is 5.82 Å². The minimum Gasteiger partial charge on any atom is -0.448 e. The molecule has 0 aliphatic carbocycles. The first kappa shape index (κ1) is 20.2. The average molecular weight is 440 g/mol. The third-order valence-corrected chi connectivity index (χ3v) is 4.28. The number of terminal acetylenes is 1. The van der Waals surface area contributed by atoms with Gasteiger partial charge in [-0.15, -0.1) is 6.42 Å². The molecule has 1 aliphatic rings. The number of hydrogen-bond acceptors (Lipinski definition) is 2. The van der Waals surface area contributed by atoms with Gasteiger partial charge < -0.3 is 4.74 Å². The molecule has 0 fully saturated rings. The Morgan fingerprint density at radius 1 is 1.00 bits per heavy atom. The number of anilines is 1. The van der Waals surface area contributed by atoms with Crippen LogP contribution in [0.15, 0.2) is 12.1 Å². The number of nitrogens with zero attached hydrogens (tertiary/aromatic N) is 1. The summed E-state index contributed by atoms with van der Waals surface area (Å²) in [4.78, 5) is 13.0. The first-order valence-corrected chi connectivity index (χ1v) is 7.94. The number of benzene rings is 2. The number of ether oxygens (including phenoxy) is 1. The molecule has 11 heteroatoms. The van der Waals surface area contributed by atoms with Crippen molar-refractivity contribution in [1.29, 1.82) is 0 Å². The second-order valence-electron chi connectivity index (χ2n) is 5.46. The van der Waals surface area contributed by atoms with E-state index in [1.165, 1.54) is 0 Å². The van der Waals surface area contributed by atoms with Crippen LogP contribution in [0.5, 0.6) is 5.75 Å². The highest BCUT2D eigenvalue weighted by molar-refractivity contribution is 6.58. The maximum absolute atomic E-state index is 14.5. The fourth-order valence-corrected chi connectivity index (χ4v) is 2.94. The second kappa shape index (κ2) is 6.79. The van der Waals surface area contributed by atoms with Crippen LogP contribution < -0.4 is 9.64 Å². The van der Waals surface area contributed by atoms with Gasteiger partial charge in [0, 0.05) is 11.6 Å². The molecule has 3 nitrogen and oxygen atoms in total. The molecule has 0 unspecified atom stereocenters. The van der Waals surface area contributed by atoms with Crippen LogP contribution in [0.1, 0.15) is 0 Å². The van der Waals surface area contributed by atoms with Crippen molar-refractivity contribution in [2.45, 2.75) is 4.52 Å². The summed E-state index contributed by atoms with van der Waals surface area (Å²) in [6, 6.07) is 1.17. The summed E-state index contributed by atoms with van der Waals surface area (Å²) in [7, 11) is 0. The molecule has 1 amide bonds. The Kier molecular flexibility index (Phi) is 4.89. The number of halogens is 8. The van der Waals surface area contributed by atoms with Gasteiger partial charge in [0.15, 0.2) is 29.0 Å². The largest absolute Gasteiger partial charge is 0.448 e. The molecule has 3 rings (SSSR count). The van der Waals surface area contributed by atoms with Gasteiger partial charge in [-0.05, 0) is 29.3 Å². The number of alkyl halides is 2. The fourth-order valence-electron chi connectivity index (χ4n) is 2.57. The van der Waals surface area contributed by atoms with Crippen molar-refractivity contribution in [3.05, 3.63) is 47.0 Å². The third kappa shape index (κ3) is 2.93. The van der Waals surface area contributed by atoms with E-state index in [9.17, 15) is 31.1 Å². The Hall–Kier alpha value is -2.57. The normalized spacial score (nSPS) is 15.1. The summed E-state index contributed by atoms with van der Waals surface area (Å²) >= 11 is 11.4. The van der Waals surface area contributed by atoms with E-state index >= 15 is 0 Å². The second-order valence-corrected chi connectivity index (χ2v) is 6.72. The number of carbonyl (C=O) groups excluding carboxylic acids is 1. The summed E-state index contributed by atoms with van der Waals surface area (Å²) < 4.78 is 85.3. The molecule has 0 spiro atoms. The van der Waals surface area contributed by atoms with Crippen molar-refractivity contribution in [3.8, 4) is 29.2 Å². The summed E-state index contributed by atoms with van der Waals surface area (Å²) in [6.45, 7) is -0.460. The van der Waals surface area contributed by atoms with Crippen molar-refractivity contribution < 1.29 is 35.9 Å². The van der Waals surface area contributed by atoms with Gasteiger partial charge in [0.2, 0.25) is 5.82 Å². The summed E-state index contributed by atoms with van der Waals surface area (Å²) in [5.74, 6) is -12.3. The number of carbonyl (C=O) groups is 1. The van der Waals surface area contributed by atoms with Crippen LogP contribution in [0, 0.1) is 47.2 Å². The van der Waals surface area contributed by atoms with E-state index in [1.807, 2.05) is 0 Å². The highest BCUT2D eigenvalue weighted by Crippen LogP contribution is 2.45. The van der Waals surface area contributed by atoms with Crippen LogP contribution in [0.2, 0.25) is 0 Å². The Bertz CT molecular complexity index is 1040. The van der Waals surface area contributed by atoms with Crippen LogP contribution in [0.4, 0.5) is 32.0 Å². The number of hydrogen-bond donors (Lipinski definition) is 0. The van der Waals surface area contributed by atoms with Crippen LogP contribution in [-0.4, -0.2) is 17.0 Å². The Morgan fingerprint density at radius 2 is 1.54 bits per heavy atom. The minimum absolute atomic E-state index is 0.333.